The van der Waals surface area contributed by atoms with E-state index in [1.165, 1.54) is 11.1 Å². The molecular formula is C30H37N7O. The van der Waals surface area contributed by atoms with Crippen LogP contribution in [0, 0.1) is 0 Å². The number of nitrogens with one attached hydrogen (secondary N) is 3. The fraction of sp³-hybridized carbons (Fsp3) is 0.367. The van der Waals surface area contributed by atoms with E-state index < -0.39 is 0 Å². The summed E-state index contributed by atoms with van der Waals surface area (Å²) in [7, 11) is 0. The van der Waals surface area contributed by atoms with Crippen LogP contribution >= 0.6 is 0 Å². The molecule has 198 valence electrons. The molecule has 0 radical (unpaired) electrons. The Morgan fingerprint density at radius 3 is 2.55 bits per heavy atom. The predicted octanol–water partition coefficient (Wildman–Crippen LogP) is 4.45. The molecule has 0 spiro atoms. The van der Waals surface area contributed by atoms with E-state index in [2.05, 4.69) is 72.9 Å². The Hall–Kier alpha value is -3.75. The Kier molecular flexibility index (Phi) is 8.63. The molecule has 5 rings (SSSR count). The van der Waals surface area contributed by atoms with Gasteiger partial charge < -0.3 is 21.4 Å². The Balaban J connectivity index is 1.13. The van der Waals surface area contributed by atoms with E-state index in [-0.39, 0.29) is 5.91 Å². The molecule has 5 N–H and O–H groups in total. The van der Waals surface area contributed by atoms with Crippen molar-refractivity contribution in [1.29, 1.82) is 0 Å². The van der Waals surface area contributed by atoms with E-state index >= 15 is 0 Å². The number of rotatable bonds is 12. The lowest BCUT2D eigenvalue weighted by Crippen LogP contribution is -2.42. The summed E-state index contributed by atoms with van der Waals surface area (Å²) in [5.74, 6) is 0.629. The molecule has 0 saturated carbocycles. The molecule has 8 nitrogen and oxygen atoms in total. The lowest BCUT2D eigenvalue weighted by atomic mass is 10.0. The summed E-state index contributed by atoms with van der Waals surface area (Å²) in [5, 5.41) is 8.08. The Bertz CT molecular complexity index is 1310. The van der Waals surface area contributed by atoms with Crippen LogP contribution in [0.25, 0.3) is 22.3 Å². The van der Waals surface area contributed by atoms with Crippen LogP contribution in [-0.4, -0.2) is 51.4 Å². The summed E-state index contributed by atoms with van der Waals surface area (Å²) in [6.45, 7) is 4.84. The topological polar surface area (TPSA) is 112 Å². The molecule has 1 amide bonds. The van der Waals surface area contributed by atoms with Crippen LogP contribution in [0.2, 0.25) is 0 Å². The van der Waals surface area contributed by atoms with Gasteiger partial charge in [-0.05, 0) is 68.1 Å². The first kappa shape index (κ1) is 25.9. The van der Waals surface area contributed by atoms with E-state index in [4.69, 9.17) is 5.73 Å². The number of nitrogens with zero attached hydrogens (tertiary/aromatic N) is 3. The number of likely N-dealkylation sites (tertiary alicyclic amines) is 1. The fourth-order valence-electron chi connectivity index (χ4n) is 5.09. The van der Waals surface area contributed by atoms with Gasteiger partial charge in [0.2, 0.25) is 5.91 Å². The zero-order valence-corrected chi connectivity index (χ0v) is 21.8. The van der Waals surface area contributed by atoms with Crippen LogP contribution < -0.4 is 16.4 Å². The first-order valence-electron chi connectivity index (χ1n) is 13.6. The number of primary amides is 1. The van der Waals surface area contributed by atoms with Crippen molar-refractivity contribution < 1.29 is 4.79 Å². The maximum absolute atomic E-state index is 10.8. The Morgan fingerprint density at radius 2 is 1.79 bits per heavy atom. The number of aromatic nitrogens is 3. The number of aromatic amines is 1. The van der Waals surface area contributed by atoms with Crippen molar-refractivity contribution in [2.24, 2.45) is 5.73 Å². The van der Waals surface area contributed by atoms with Crippen molar-refractivity contribution in [2.45, 2.75) is 51.2 Å². The second kappa shape index (κ2) is 12.7. The van der Waals surface area contributed by atoms with Gasteiger partial charge in [0.05, 0.1) is 5.39 Å². The molecule has 8 heteroatoms. The van der Waals surface area contributed by atoms with Crippen molar-refractivity contribution in [1.82, 2.24) is 25.2 Å². The van der Waals surface area contributed by atoms with Gasteiger partial charge in [0.15, 0.2) is 0 Å². The Morgan fingerprint density at radius 1 is 1.00 bits per heavy atom. The SMILES string of the molecule is NC(=O)CCCCNC1CCN(Cc2ccc(-c3cc4c(NCc5ccccc5)ncnc4[nH]3)cc2)CC1. The molecule has 2 aromatic carbocycles. The smallest absolute Gasteiger partial charge is 0.217 e. The molecule has 1 aliphatic heterocycles. The molecule has 1 saturated heterocycles. The summed E-state index contributed by atoms with van der Waals surface area (Å²) in [5.41, 5.74) is 10.8. The lowest BCUT2D eigenvalue weighted by Gasteiger charge is -2.32. The Labute approximate surface area is 224 Å². The van der Waals surface area contributed by atoms with Gasteiger partial charge in [-0.15, -0.1) is 0 Å². The van der Waals surface area contributed by atoms with Crippen molar-refractivity contribution in [3.05, 3.63) is 78.1 Å². The van der Waals surface area contributed by atoms with Crippen LogP contribution in [0.3, 0.4) is 0 Å². The molecule has 0 atom stereocenters. The number of hydrogen-bond donors (Lipinski definition) is 4. The number of H-pyrrole nitrogens is 1. The average Bonchev–Trinajstić information content (AvgIpc) is 3.39. The molecule has 0 aliphatic carbocycles. The van der Waals surface area contributed by atoms with Crippen LogP contribution in [-0.2, 0) is 17.9 Å². The van der Waals surface area contributed by atoms with Gasteiger partial charge >= 0.3 is 0 Å². The van der Waals surface area contributed by atoms with Crippen molar-refractivity contribution >= 4 is 22.8 Å². The van der Waals surface area contributed by atoms with E-state index in [1.54, 1.807) is 6.33 Å². The van der Waals surface area contributed by atoms with Crippen molar-refractivity contribution in [2.75, 3.05) is 25.0 Å². The quantitative estimate of drug-likeness (QED) is 0.209. The number of benzene rings is 2. The molecule has 3 heterocycles. The number of fused-ring (bicyclic) bond motifs is 1. The van der Waals surface area contributed by atoms with Crippen LogP contribution in [0.15, 0.2) is 67.0 Å². The summed E-state index contributed by atoms with van der Waals surface area (Å²) < 4.78 is 0. The van der Waals surface area contributed by atoms with Gasteiger partial charge in [0, 0.05) is 31.2 Å². The number of piperidine rings is 1. The molecule has 1 fully saturated rings. The van der Waals surface area contributed by atoms with E-state index in [0.717, 1.165) is 80.0 Å². The normalized spacial score (nSPS) is 14.6. The summed E-state index contributed by atoms with van der Waals surface area (Å²) in [6.07, 6.45) is 6.27. The van der Waals surface area contributed by atoms with Crippen molar-refractivity contribution in [3.63, 3.8) is 0 Å². The number of carbonyl (C=O) groups excluding carboxylic acids is 1. The molecular weight excluding hydrogens is 474 g/mol. The predicted molar refractivity (Wildman–Crippen MR) is 152 cm³/mol. The monoisotopic (exact) mass is 511 g/mol. The molecule has 2 aromatic heterocycles. The minimum atomic E-state index is -0.206. The third-order valence-corrected chi connectivity index (χ3v) is 7.27. The average molecular weight is 512 g/mol. The highest BCUT2D eigenvalue weighted by atomic mass is 16.1. The van der Waals surface area contributed by atoms with Crippen LogP contribution in [0.4, 0.5) is 5.82 Å². The third-order valence-electron chi connectivity index (χ3n) is 7.27. The minimum absolute atomic E-state index is 0.206. The van der Waals surface area contributed by atoms with E-state index in [0.29, 0.717) is 19.0 Å². The zero-order valence-electron chi connectivity index (χ0n) is 21.8. The maximum Gasteiger partial charge on any atom is 0.217 e. The van der Waals surface area contributed by atoms with Crippen LogP contribution in [0.5, 0.6) is 0 Å². The van der Waals surface area contributed by atoms with Gasteiger partial charge in [-0.1, -0.05) is 54.6 Å². The number of anilines is 1. The van der Waals surface area contributed by atoms with Gasteiger partial charge in [0.1, 0.15) is 17.8 Å². The second-order valence-electron chi connectivity index (χ2n) is 10.1. The molecule has 38 heavy (non-hydrogen) atoms. The minimum Gasteiger partial charge on any atom is -0.370 e. The first-order valence-corrected chi connectivity index (χ1v) is 13.6. The zero-order chi connectivity index (χ0) is 26.2. The largest absolute Gasteiger partial charge is 0.370 e. The van der Waals surface area contributed by atoms with Gasteiger partial charge in [-0.25, -0.2) is 9.97 Å². The summed E-state index contributed by atoms with van der Waals surface area (Å²) >= 11 is 0. The molecule has 0 bridgehead atoms. The fourth-order valence-corrected chi connectivity index (χ4v) is 5.09. The second-order valence-corrected chi connectivity index (χ2v) is 10.1. The number of carbonyl (C=O) groups is 1. The van der Waals surface area contributed by atoms with Crippen LogP contribution in [0.1, 0.15) is 43.2 Å². The maximum atomic E-state index is 10.8. The highest BCUT2D eigenvalue weighted by molar-refractivity contribution is 5.91. The lowest BCUT2D eigenvalue weighted by molar-refractivity contribution is -0.118. The van der Waals surface area contributed by atoms with Gasteiger partial charge in [-0.2, -0.15) is 0 Å². The summed E-state index contributed by atoms with van der Waals surface area (Å²) in [4.78, 5) is 25.7. The highest BCUT2D eigenvalue weighted by Crippen LogP contribution is 2.27. The number of nitrogens with two attached hydrogens (primary N) is 1. The standard InChI is InChI=1S/C30H37N7O/c31-28(38)8-4-5-15-32-25-13-16-37(17-14-25)20-23-9-11-24(12-10-23)27-18-26-29(34-21-35-30(26)36-27)33-19-22-6-2-1-3-7-22/h1-3,6-7,9-12,18,21,25,32H,4-5,8,13-17,19-20H2,(H2,31,38)(H2,33,34,35,36). The highest BCUT2D eigenvalue weighted by Gasteiger charge is 2.18. The number of amides is 1. The van der Waals surface area contributed by atoms with E-state index in [9.17, 15) is 4.79 Å². The third kappa shape index (κ3) is 6.96. The number of unbranched alkanes of at least 4 members (excludes halogenated alkanes) is 1. The molecule has 0 unspecified atom stereocenters. The summed E-state index contributed by atoms with van der Waals surface area (Å²) in [6, 6.07) is 21.8. The van der Waals surface area contributed by atoms with Crippen molar-refractivity contribution in [3.8, 4) is 11.3 Å². The van der Waals surface area contributed by atoms with Gasteiger partial charge in [-0.3, -0.25) is 9.69 Å². The first-order chi connectivity index (χ1) is 18.6. The molecule has 1 aliphatic rings. The van der Waals surface area contributed by atoms with Gasteiger partial charge in [0.25, 0.3) is 0 Å². The van der Waals surface area contributed by atoms with E-state index in [1.807, 2.05) is 18.2 Å². The molecule has 4 aromatic rings. The number of hydrogen-bond acceptors (Lipinski definition) is 6.